The molecule has 0 N–H and O–H groups in total. The van der Waals surface area contributed by atoms with Crippen LogP contribution in [-0.2, 0) is 10.5 Å². The van der Waals surface area contributed by atoms with Crippen molar-refractivity contribution in [1.82, 2.24) is 14.5 Å². The van der Waals surface area contributed by atoms with Gasteiger partial charge < -0.3 is 9.64 Å². The Kier molecular flexibility index (Phi) is 6.38. The molecular weight excluding hydrogens is 425 g/mol. The van der Waals surface area contributed by atoms with E-state index in [-0.39, 0.29) is 23.5 Å². The highest BCUT2D eigenvalue weighted by atomic mass is 32.2. The lowest BCUT2D eigenvalue weighted by Gasteiger charge is -2.32. The van der Waals surface area contributed by atoms with Gasteiger partial charge in [-0.15, -0.1) is 11.3 Å². The van der Waals surface area contributed by atoms with E-state index in [1.807, 2.05) is 17.5 Å². The number of carbonyl (C=O) groups is 1. The molecule has 158 valence electrons. The predicted octanol–water partition coefficient (Wildman–Crippen LogP) is 4.68. The molecule has 1 aliphatic heterocycles. The molecule has 4 rings (SSSR count). The van der Waals surface area contributed by atoms with Gasteiger partial charge in [0, 0.05) is 24.9 Å². The molecule has 0 unspecified atom stereocenters. The maximum Gasteiger partial charge on any atom is 0.409 e. The van der Waals surface area contributed by atoms with E-state index in [1.165, 1.54) is 35.2 Å². The Labute approximate surface area is 181 Å². The number of benzene rings is 1. The minimum Gasteiger partial charge on any atom is -0.450 e. The molecule has 1 aromatic carbocycles. The molecule has 1 amide bonds. The predicted molar refractivity (Wildman–Crippen MR) is 117 cm³/mol. The summed E-state index contributed by atoms with van der Waals surface area (Å²) < 4.78 is 21.0. The summed E-state index contributed by atoms with van der Waals surface area (Å²) in [5, 5.41) is 2.50. The van der Waals surface area contributed by atoms with Crippen molar-refractivity contribution in [2.45, 2.75) is 36.7 Å². The SMILES string of the molecule is CCOC(=O)N1CCC(n2c(SCc3cccc(F)c3)nc3ccsc3c2=O)CC1. The topological polar surface area (TPSA) is 64.4 Å². The summed E-state index contributed by atoms with van der Waals surface area (Å²) in [5.41, 5.74) is 1.47. The lowest BCUT2D eigenvalue weighted by Crippen LogP contribution is -2.41. The molecule has 3 aromatic rings. The normalized spacial score (nSPS) is 14.9. The van der Waals surface area contributed by atoms with Gasteiger partial charge in [-0.2, -0.15) is 0 Å². The molecule has 0 bridgehead atoms. The van der Waals surface area contributed by atoms with E-state index in [1.54, 1.807) is 22.5 Å². The Morgan fingerprint density at radius 3 is 2.87 bits per heavy atom. The van der Waals surface area contributed by atoms with Gasteiger partial charge >= 0.3 is 6.09 Å². The van der Waals surface area contributed by atoms with Crippen LogP contribution in [-0.4, -0.2) is 40.2 Å². The van der Waals surface area contributed by atoms with Crippen LogP contribution in [0.4, 0.5) is 9.18 Å². The number of nitrogens with zero attached hydrogens (tertiary/aromatic N) is 3. The Morgan fingerprint density at radius 1 is 1.33 bits per heavy atom. The lowest BCUT2D eigenvalue weighted by atomic mass is 10.1. The maximum absolute atomic E-state index is 13.5. The zero-order valence-electron chi connectivity index (χ0n) is 16.5. The third kappa shape index (κ3) is 4.37. The molecule has 1 aliphatic rings. The molecule has 30 heavy (non-hydrogen) atoms. The molecule has 1 fully saturated rings. The van der Waals surface area contributed by atoms with Crippen LogP contribution in [0.25, 0.3) is 10.2 Å². The van der Waals surface area contributed by atoms with Crippen molar-refractivity contribution in [1.29, 1.82) is 0 Å². The molecule has 0 saturated carbocycles. The van der Waals surface area contributed by atoms with Crippen molar-refractivity contribution in [3.63, 3.8) is 0 Å². The maximum atomic E-state index is 13.5. The third-order valence-corrected chi connectivity index (χ3v) is 7.01. The molecule has 6 nitrogen and oxygen atoms in total. The van der Waals surface area contributed by atoms with Gasteiger partial charge in [-0.3, -0.25) is 9.36 Å². The van der Waals surface area contributed by atoms with Gasteiger partial charge in [-0.1, -0.05) is 23.9 Å². The van der Waals surface area contributed by atoms with Crippen molar-refractivity contribution in [2.75, 3.05) is 19.7 Å². The molecule has 0 aliphatic carbocycles. The largest absolute Gasteiger partial charge is 0.450 e. The number of halogens is 1. The van der Waals surface area contributed by atoms with Crippen LogP contribution in [0.2, 0.25) is 0 Å². The average molecular weight is 448 g/mol. The highest BCUT2D eigenvalue weighted by Crippen LogP contribution is 2.30. The van der Waals surface area contributed by atoms with Gasteiger partial charge in [0.25, 0.3) is 5.56 Å². The van der Waals surface area contributed by atoms with Crippen molar-refractivity contribution in [3.8, 4) is 0 Å². The highest BCUT2D eigenvalue weighted by molar-refractivity contribution is 7.98. The van der Waals surface area contributed by atoms with Crippen molar-refractivity contribution in [2.24, 2.45) is 0 Å². The number of carbonyl (C=O) groups excluding carboxylic acids is 1. The molecule has 2 aromatic heterocycles. The van der Waals surface area contributed by atoms with E-state index in [9.17, 15) is 14.0 Å². The zero-order valence-corrected chi connectivity index (χ0v) is 18.2. The number of thioether (sulfide) groups is 1. The van der Waals surface area contributed by atoms with Crippen LogP contribution in [0, 0.1) is 5.82 Å². The molecule has 3 heterocycles. The second-order valence-electron chi connectivity index (χ2n) is 7.04. The number of ether oxygens (including phenoxy) is 1. The molecular formula is C21H22FN3O3S2. The minimum absolute atomic E-state index is 0.0443. The second kappa shape index (κ2) is 9.18. The molecule has 0 atom stereocenters. The average Bonchev–Trinajstić information content (AvgIpc) is 3.22. The summed E-state index contributed by atoms with van der Waals surface area (Å²) in [5.74, 6) is 0.236. The Morgan fingerprint density at radius 2 is 2.13 bits per heavy atom. The quantitative estimate of drug-likeness (QED) is 0.420. The van der Waals surface area contributed by atoms with Gasteiger partial charge in [0.2, 0.25) is 0 Å². The standard InChI is InChI=1S/C21H22FN3O3S2/c1-2-28-21(27)24-9-6-16(7-10-24)25-19(26)18-17(8-11-29-18)23-20(25)30-13-14-4-3-5-15(22)12-14/h3-5,8,11-12,16H,2,6-7,9-10,13H2,1H3. The molecule has 9 heteroatoms. The highest BCUT2D eigenvalue weighted by Gasteiger charge is 2.28. The minimum atomic E-state index is -0.309. The second-order valence-corrected chi connectivity index (χ2v) is 8.90. The number of likely N-dealkylation sites (tertiary alicyclic amines) is 1. The van der Waals surface area contributed by atoms with Crippen LogP contribution < -0.4 is 5.56 Å². The van der Waals surface area contributed by atoms with E-state index in [4.69, 9.17) is 9.72 Å². The molecule has 1 saturated heterocycles. The fraction of sp³-hybridized carbons (Fsp3) is 0.381. The third-order valence-electron chi connectivity index (χ3n) is 5.09. The Hall–Kier alpha value is -2.39. The summed E-state index contributed by atoms with van der Waals surface area (Å²) in [4.78, 5) is 31.7. The van der Waals surface area contributed by atoms with Crippen molar-refractivity contribution in [3.05, 3.63) is 57.4 Å². The first-order valence-corrected chi connectivity index (χ1v) is 11.7. The monoisotopic (exact) mass is 447 g/mol. The fourth-order valence-electron chi connectivity index (χ4n) is 3.62. The summed E-state index contributed by atoms with van der Waals surface area (Å²) >= 11 is 2.82. The van der Waals surface area contributed by atoms with E-state index < -0.39 is 0 Å². The fourth-order valence-corrected chi connectivity index (χ4v) is 5.40. The first kappa shape index (κ1) is 20.9. The number of aromatic nitrogens is 2. The number of hydrogen-bond acceptors (Lipinski definition) is 6. The summed E-state index contributed by atoms with van der Waals surface area (Å²) in [6.45, 7) is 3.20. The molecule has 0 radical (unpaired) electrons. The zero-order chi connectivity index (χ0) is 21.1. The number of fused-ring (bicyclic) bond motifs is 1. The van der Waals surface area contributed by atoms with Gasteiger partial charge in [0.15, 0.2) is 5.16 Å². The Balaban J connectivity index is 1.60. The van der Waals surface area contributed by atoms with Crippen LogP contribution in [0.3, 0.4) is 0 Å². The summed E-state index contributed by atoms with van der Waals surface area (Å²) in [7, 11) is 0. The number of piperidine rings is 1. The van der Waals surface area contributed by atoms with E-state index in [0.29, 0.717) is 53.7 Å². The van der Waals surface area contributed by atoms with E-state index in [2.05, 4.69) is 0 Å². The molecule has 0 spiro atoms. The van der Waals surface area contributed by atoms with Crippen molar-refractivity contribution >= 4 is 39.4 Å². The summed E-state index contributed by atoms with van der Waals surface area (Å²) in [6, 6.07) is 8.25. The Bertz CT molecular complexity index is 1110. The summed E-state index contributed by atoms with van der Waals surface area (Å²) in [6.07, 6.45) is 1.01. The van der Waals surface area contributed by atoms with Crippen LogP contribution in [0.5, 0.6) is 0 Å². The smallest absolute Gasteiger partial charge is 0.409 e. The van der Waals surface area contributed by atoms with E-state index >= 15 is 0 Å². The first-order valence-electron chi connectivity index (χ1n) is 9.85. The van der Waals surface area contributed by atoms with Gasteiger partial charge in [-0.25, -0.2) is 14.2 Å². The van der Waals surface area contributed by atoms with Gasteiger partial charge in [0.1, 0.15) is 10.5 Å². The number of thiophene rings is 1. The number of hydrogen-bond donors (Lipinski definition) is 0. The van der Waals surface area contributed by atoms with Crippen LogP contribution in [0.15, 0.2) is 45.7 Å². The van der Waals surface area contributed by atoms with Crippen LogP contribution >= 0.6 is 23.1 Å². The van der Waals surface area contributed by atoms with E-state index in [0.717, 1.165) is 5.56 Å². The van der Waals surface area contributed by atoms with Gasteiger partial charge in [-0.05, 0) is 48.9 Å². The number of amides is 1. The number of rotatable bonds is 5. The lowest BCUT2D eigenvalue weighted by molar-refractivity contribution is 0.0915. The van der Waals surface area contributed by atoms with Crippen molar-refractivity contribution < 1.29 is 13.9 Å². The van der Waals surface area contributed by atoms with Crippen LogP contribution in [0.1, 0.15) is 31.4 Å². The van der Waals surface area contributed by atoms with Gasteiger partial charge in [0.05, 0.1) is 12.1 Å². The first-order chi connectivity index (χ1) is 14.6.